The molecule has 0 radical (unpaired) electrons. The second-order valence-electron chi connectivity index (χ2n) is 8.43. The number of amides is 2. The number of benzene rings is 1. The van der Waals surface area contributed by atoms with Gasteiger partial charge in [-0.2, -0.15) is 0 Å². The first-order chi connectivity index (χ1) is 17.4. The van der Waals surface area contributed by atoms with Gasteiger partial charge in [-0.1, -0.05) is 0 Å². The van der Waals surface area contributed by atoms with E-state index in [9.17, 15) is 19.8 Å². The van der Waals surface area contributed by atoms with Crippen LogP contribution in [0.2, 0.25) is 0 Å². The fraction of sp³-hybridized carbons (Fsp3) is 0.333. The van der Waals surface area contributed by atoms with E-state index in [0.717, 1.165) is 10.5 Å². The summed E-state index contributed by atoms with van der Waals surface area (Å²) in [5, 5.41) is 27.1. The maximum absolute atomic E-state index is 12.5. The highest BCUT2D eigenvalue weighted by Gasteiger charge is 2.39. The summed E-state index contributed by atoms with van der Waals surface area (Å²) >= 11 is 1.43. The number of thioether (sulfide) groups is 1. The zero-order chi connectivity index (χ0) is 25.2. The summed E-state index contributed by atoms with van der Waals surface area (Å²) in [5.41, 5.74) is 3.42. The Balaban J connectivity index is 1.19. The van der Waals surface area contributed by atoms with Crippen molar-refractivity contribution in [2.75, 3.05) is 36.2 Å². The SMILES string of the molecule is COc1ccc2nccc(CNC[C@@H](O)[C@H](O)C3CN(c4ccc5c(c4)NC(=O)CS5)C(=O)O3)c2n1. The molecule has 36 heavy (non-hydrogen) atoms. The number of rotatable bonds is 8. The van der Waals surface area contributed by atoms with E-state index in [-0.39, 0.29) is 19.0 Å². The van der Waals surface area contributed by atoms with Gasteiger partial charge in [-0.3, -0.25) is 14.7 Å². The number of carbonyl (C=O) groups excluding carboxylic acids is 2. The third-order valence-corrected chi connectivity index (χ3v) is 7.11. The Morgan fingerprint density at radius 1 is 1.28 bits per heavy atom. The largest absolute Gasteiger partial charge is 0.481 e. The molecule has 1 saturated heterocycles. The standard InChI is InChI=1S/C24H25N5O6S/c1-34-21-5-3-15-22(28-21)13(6-7-26-15)9-25-10-17(30)23(32)18-11-29(24(33)35-18)14-2-4-19-16(8-14)27-20(31)12-36-19/h2-8,17-18,23,25,30,32H,9-12H2,1H3,(H,27,31)/t17-,18?,23+/m1/s1. The Bertz CT molecular complexity index is 1310. The molecule has 3 aromatic rings. The van der Waals surface area contributed by atoms with Gasteiger partial charge < -0.3 is 30.3 Å². The minimum absolute atomic E-state index is 0.0606. The molecule has 188 valence electrons. The number of aromatic nitrogens is 2. The van der Waals surface area contributed by atoms with Crippen LogP contribution in [-0.2, 0) is 16.1 Å². The number of nitrogens with zero attached hydrogens (tertiary/aromatic N) is 3. The van der Waals surface area contributed by atoms with Crippen LogP contribution in [0.4, 0.5) is 16.2 Å². The molecule has 0 saturated carbocycles. The van der Waals surface area contributed by atoms with Gasteiger partial charge in [0.1, 0.15) is 6.10 Å². The summed E-state index contributed by atoms with van der Waals surface area (Å²) in [6, 6.07) is 10.7. The highest BCUT2D eigenvalue weighted by atomic mass is 32.2. The van der Waals surface area contributed by atoms with Crippen molar-refractivity contribution in [2.24, 2.45) is 0 Å². The van der Waals surface area contributed by atoms with Crippen LogP contribution in [0.3, 0.4) is 0 Å². The number of anilines is 2. The third kappa shape index (κ3) is 4.93. The van der Waals surface area contributed by atoms with Crippen LogP contribution < -0.4 is 20.3 Å². The van der Waals surface area contributed by atoms with Crippen molar-refractivity contribution >= 4 is 46.2 Å². The van der Waals surface area contributed by atoms with Crippen molar-refractivity contribution < 1.29 is 29.3 Å². The van der Waals surface area contributed by atoms with Crippen molar-refractivity contribution in [3.63, 3.8) is 0 Å². The van der Waals surface area contributed by atoms with Gasteiger partial charge in [-0.25, -0.2) is 9.78 Å². The fourth-order valence-electron chi connectivity index (χ4n) is 4.15. The Morgan fingerprint density at radius 2 is 2.14 bits per heavy atom. The van der Waals surface area contributed by atoms with Gasteiger partial charge in [-0.15, -0.1) is 11.8 Å². The number of aliphatic hydroxyl groups is 2. The van der Waals surface area contributed by atoms with E-state index in [1.165, 1.54) is 16.7 Å². The molecule has 0 bridgehead atoms. The van der Waals surface area contributed by atoms with Gasteiger partial charge in [-0.05, 0) is 35.9 Å². The highest BCUT2D eigenvalue weighted by molar-refractivity contribution is 8.00. The average molecular weight is 512 g/mol. The number of hydrogen-bond donors (Lipinski definition) is 4. The molecule has 2 aromatic heterocycles. The van der Waals surface area contributed by atoms with Crippen molar-refractivity contribution in [2.45, 2.75) is 29.8 Å². The second kappa shape index (κ2) is 10.3. The third-order valence-electron chi connectivity index (χ3n) is 6.04. The lowest BCUT2D eigenvalue weighted by Crippen LogP contribution is -2.44. The molecule has 5 rings (SSSR count). The number of aliphatic hydroxyl groups excluding tert-OH is 2. The van der Waals surface area contributed by atoms with Crippen molar-refractivity contribution in [1.29, 1.82) is 0 Å². The number of nitrogens with one attached hydrogen (secondary N) is 2. The van der Waals surface area contributed by atoms with E-state index in [1.54, 1.807) is 31.5 Å². The summed E-state index contributed by atoms with van der Waals surface area (Å²) in [6.45, 7) is 0.499. The van der Waals surface area contributed by atoms with E-state index < -0.39 is 24.4 Å². The van der Waals surface area contributed by atoms with Gasteiger partial charge >= 0.3 is 6.09 Å². The molecule has 2 amide bonds. The van der Waals surface area contributed by atoms with E-state index in [1.807, 2.05) is 18.2 Å². The number of ether oxygens (including phenoxy) is 2. The van der Waals surface area contributed by atoms with Gasteiger partial charge in [0.2, 0.25) is 11.8 Å². The molecule has 1 aromatic carbocycles. The Kier molecular flexibility index (Phi) is 6.92. The van der Waals surface area contributed by atoms with E-state index in [4.69, 9.17) is 9.47 Å². The number of hydrogen-bond acceptors (Lipinski definition) is 10. The zero-order valence-electron chi connectivity index (χ0n) is 19.4. The predicted molar refractivity (Wildman–Crippen MR) is 133 cm³/mol. The molecule has 1 fully saturated rings. The minimum atomic E-state index is -1.30. The Labute approximate surface area is 210 Å². The number of pyridine rings is 2. The summed E-state index contributed by atoms with van der Waals surface area (Å²) in [4.78, 5) is 35.2. The second-order valence-corrected chi connectivity index (χ2v) is 9.45. The van der Waals surface area contributed by atoms with Crippen molar-refractivity contribution in [1.82, 2.24) is 15.3 Å². The lowest BCUT2D eigenvalue weighted by atomic mass is 10.1. The van der Waals surface area contributed by atoms with Gasteiger partial charge in [0.15, 0.2) is 6.10 Å². The number of methoxy groups -OCH3 is 1. The summed E-state index contributed by atoms with van der Waals surface area (Å²) in [5.74, 6) is 0.715. The predicted octanol–water partition coefficient (Wildman–Crippen LogP) is 1.52. The first kappa shape index (κ1) is 24.3. The normalized spacial score (nSPS) is 19.0. The lowest BCUT2D eigenvalue weighted by Gasteiger charge is -2.23. The van der Waals surface area contributed by atoms with Gasteiger partial charge in [0, 0.05) is 35.9 Å². The summed E-state index contributed by atoms with van der Waals surface area (Å²) in [7, 11) is 1.54. The average Bonchev–Trinajstić information content (AvgIpc) is 3.28. The summed E-state index contributed by atoms with van der Waals surface area (Å²) < 4.78 is 10.5. The molecule has 3 atom stereocenters. The van der Waals surface area contributed by atoms with Crippen LogP contribution in [0.5, 0.6) is 5.88 Å². The lowest BCUT2D eigenvalue weighted by molar-refractivity contribution is -0.113. The van der Waals surface area contributed by atoms with Crippen LogP contribution in [0.25, 0.3) is 11.0 Å². The molecular formula is C24H25N5O6S. The topological polar surface area (TPSA) is 146 Å². The number of cyclic esters (lactones) is 1. The first-order valence-electron chi connectivity index (χ1n) is 11.3. The quantitative estimate of drug-likeness (QED) is 0.351. The van der Waals surface area contributed by atoms with Crippen LogP contribution in [0, 0.1) is 0 Å². The molecule has 1 unspecified atom stereocenters. The molecule has 0 aliphatic carbocycles. The van der Waals surface area contributed by atoms with Crippen LogP contribution in [-0.4, -0.2) is 76.4 Å². The fourth-order valence-corrected chi connectivity index (χ4v) is 4.94. The monoisotopic (exact) mass is 511 g/mol. The molecule has 12 heteroatoms. The number of fused-ring (bicyclic) bond motifs is 2. The molecule has 2 aliphatic heterocycles. The van der Waals surface area contributed by atoms with Crippen molar-refractivity contribution in [3.05, 3.63) is 48.2 Å². The maximum Gasteiger partial charge on any atom is 0.414 e. The Hall–Kier alpha value is -3.45. The molecule has 2 aliphatic rings. The zero-order valence-corrected chi connectivity index (χ0v) is 20.2. The molecule has 4 N–H and O–H groups in total. The molecular weight excluding hydrogens is 486 g/mol. The highest BCUT2D eigenvalue weighted by Crippen LogP contribution is 2.35. The van der Waals surface area contributed by atoms with Crippen LogP contribution in [0.1, 0.15) is 5.56 Å². The smallest absolute Gasteiger partial charge is 0.414 e. The minimum Gasteiger partial charge on any atom is -0.481 e. The van der Waals surface area contributed by atoms with Gasteiger partial charge in [0.05, 0.1) is 42.2 Å². The van der Waals surface area contributed by atoms with Gasteiger partial charge in [0.25, 0.3) is 0 Å². The molecule has 0 spiro atoms. The molecule has 11 nitrogen and oxygen atoms in total. The van der Waals surface area contributed by atoms with Crippen LogP contribution >= 0.6 is 11.8 Å². The summed E-state index contributed by atoms with van der Waals surface area (Å²) in [6.07, 6.45) is -2.35. The van der Waals surface area contributed by atoms with Crippen molar-refractivity contribution in [3.8, 4) is 5.88 Å². The maximum atomic E-state index is 12.5. The number of carbonyl (C=O) groups is 2. The first-order valence-corrected chi connectivity index (χ1v) is 12.3. The molecule has 4 heterocycles. The van der Waals surface area contributed by atoms with E-state index >= 15 is 0 Å². The van der Waals surface area contributed by atoms with E-state index in [0.29, 0.717) is 40.6 Å². The van der Waals surface area contributed by atoms with Crippen LogP contribution in [0.15, 0.2) is 47.5 Å². The van der Waals surface area contributed by atoms with E-state index in [2.05, 4.69) is 20.6 Å². The Morgan fingerprint density at radius 3 is 2.97 bits per heavy atom.